The van der Waals surface area contributed by atoms with E-state index in [-0.39, 0.29) is 5.91 Å². The third kappa shape index (κ3) is 3.62. The van der Waals surface area contributed by atoms with Gasteiger partial charge in [-0.05, 0) is 18.1 Å². The Morgan fingerprint density at radius 1 is 1.28 bits per heavy atom. The summed E-state index contributed by atoms with van der Waals surface area (Å²) < 4.78 is 0. The van der Waals surface area contributed by atoms with Crippen LogP contribution in [-0.2, 0) is 11.2 Å². The van der Waals surface area contributed by atoms with Crippen molar-refractivity contribution in [3.05, 3.63) is 36.0 Å². The van der Waals surface area contributed by atoms with Crippen LogP contribution in [0.5, 0.6) is 0 Å². The van der Waals surface area contributed by atoms with Crippen LogP contribution >= 0.6 is 0 Å². The summed E-state index contributed by atoms with van der Waals surface area (Å²) in [4.78, 5) is 14.3. The fourth-order valence-corrected chi connectivity index (χ4v) is 1.80. The van der Waals surface area contributed by atoms with Crippen molar-refractivity contribution in [3.63, 3.8) is 0 Å². The third-order valence-electron chi connectivity index (χ3n) is 2.71. The Balaban J connectivity index is 0.000000771. The lowest BCUT2D eigenvalue weighted by atomic mass is 10.1. The monoisotopic (exact) mass is 246 g/mol. The van der Waals surface area contributed by atoms with E-state index in [1.807, 2.05) is 39.1 Å². The molecule has 98 valence electrons. The van der Waals surface area contributed by atoms with Crippen LogP contribution in [0.15, 0.2) is 30.5 Å². The van der Waals surface area contributed by atoms with Gasteiger partial charge in [0.2, 0.25) is 5.91 Å². The zero-order valence-corrected chi connectivity index (χ0v) is 11.4. The first-order chi connectivity index (χ1) is 8.81. The number of carbonyl (C=O) groups excluding carboxylic acids is 1. The zero-order valence-electron chi connectivity index (χ0n) is 11.4. The topological polar surface area (TPSA) is 44.9 Å². The maximum absolute atomic E-state index is 11.1. The normalized spacial score (nSPS) is 9.72. The number of aromatic amines is 1. The number of nitrogens with one attached hydrogen (secondary N) is 2. The van der Waals surface area contributed by atoms with E-state index in [0.717, 1.165) is 11.9 Å². The van der Waals surface area contributed by atoms with E-state index >= 15 is 0 Å². The molecule has 0 saturated carbocycles. The number of H-pyrrole nitrogens is 1. The Bertz CT molecular complexity index is 488. The molecular weight excluding hydrogens is 224 g/mol. The molecule has 0 saturated heterocycles. The molecule has 0 aliphatic heterocycles. The van der Waals surface area contributed by atoms with Gasteiger partial charge in [-0.3, -0.25) is 4.79 Å². The molecule has 0 bridgehead atoms. The van der Waals surface area contributed by atoms with Crippen molar-refractivity contribution in [2.45, 2.75) is 33.6 Å². The molecule has 3 nitrogen and oxygen atoms in total. The van der Waals surface area contributed by atoms with Crippen molar-refractivity contribution in [3.8, 4) is 0 Å². The molecule has 1 aromatic heterocycles. The number of hydrogen-bond donors (Lipinski definition) is 2. The molecule has 1 amide bonds. The van der Waals surface area contributed by atoms with E-state index in [4.69, 9.17) is 0 Å². The van der Waals surface area contributed by atoms with Gasteiger partial charge in [-0.25, -0.2) is 0 Å². The molecule has 0 atom stereocenters. The van der Waals surface area contributed by atoms with Gasteiger partial charge in [0.1, 0.15) is 0 Å². The first-order valence-corrected chi connectivity index (χ1v) is 6.63. The summed E-state index contributed by atoms with van der Waals surface area (Å²) in [5, 5.41) is 4.13. The maximum Gasteiger partial charge on any atom is 0.219 e. The molecule has 1 aromatic carbocycles. The summed E-state index contributed by atoms with van der Waals surface area (Å²) in [7, 11) is 0. The van der Waals surface area contributed by atoms with E-state index in [9.17, 15) is 4.79 Å². The summed E-state index contributed by atoms with van der Waals surface area (Å²) in [6, 6.07) is 8.21. The molecule has 0 radical (unpaired) electrons. The highest BCUT2D eigenvalue weighted by Crippen LogP contribution is 2.17. The highest BCUT2D eigenvalue weighted by molar-refractivity contribution is 5.83. The molecule has 0 spiro atoms. The minimum Gasteiger partial charge on any atom is -0.361 e. The van der Waals surface area contributed by atoms with Crippen molar-refractivity contribution in [1.29, 1.82) is 0 Å². The zero-order chi connectivity index (χ0) is 13.4. The fraction of sp³-hybridized carbons (Fsp3) is 0.400. The predicted octanol–water partition coefficient (Wildman–Crippen LogP) is 3.26. The summed E-state index contributed by atoms with van der Waals surface area (Å²) in [6.45, 7) is 6.57. The first kappa shape index (κ1) is 14.3. The Morgan fingerprint density at radius 3 is 2.72 bits per heavy atom. The number of rotatable bonds is 4. The van der Waals surface area contributed by atoms with Gasteiger partial charge in [-0.1, -0.05) is 39.0 Å². The molecule has 2 aromatic rings. The minimum atomic E-state index is 0.111. The lowest BCUT2D eigenvalue weighted by Gasteiger charge is -2.02. The molecule has 2 rings (SSSR count). The molecule has 0 fully saturated rings. The fourth-order valence-electron chi connectivity index (χ4n) is 1.80. The maximum atomic E-state index is 11.1. The van der Waals surface area contributed by atoms with Crippen LogP contribution in [0.3, 0.4) is 0 Å². The number of aromatic nitrogens is 1. The number of amides is 1. The van der Waals surface area contributed by atoms with E-state index in [2.05, 4.69) is 22.4 Å². The van der Waals surface area contributed by atoms with Gasteiger partial charge in [0, 0.05) is 30.1 Å². The van der Waals surface area contributed by atoms with E-state index in [1.165, 1.54) is 10.9 Å². The molecule has 0 unspecified atom stereocenters. The number of benzene rings is 1. The number of fused-ring (bicyclic) bond motifs is 1. The van der Waals surface area contributed by atoms with Crippen LogP contribution in [0.25, 0.3) is 10.9 Å². The molecule has 1 heterocycles. The molecule has 18 heavy (non-hydrogen) atoms. The number of para-hydroxylation sites is 1. The highest BCUT2D eigenvalue weighted by Gasteiger charge is 2.02. The summed E-state index contributed by atoms with van der Waals surface area (Å²) in [5.41, 5.74) is 2.41. The van der Waals surface area contributed by atoms with Gasteiger partial charge in [-0.15, -0.1) is 0 Å². The largest absolute Gasteiger partial charge is 0.361 e. The van der Waals surface area contributed by atoms with Gasteiger partial charge in [0.05, 0.1) is 0 Å². The van der Waals surface area contributed by atoms with Gasteiger partial charge in [0.25, 0.3) is 0 Å². The quantitative estimate of drug-likeness (QED) is 0.854. The van der Waals surface area contributed by atoms with Crippen molar-refractivity contribution in [1.82, 2.24) is 10.3 Å². The molecule has 2 N–H and O–H groups in total. The average molecular weight is 246 g/mol. The van der Waals surface area contributed by atoms with Gasteiger partial charge in [0.15, 0.2) is 0 Å². The lowest BCUT2D eigenvalue weighted by Crippen LogP contribution is -2.24. The Labute approximate surface area is 109 Å². The SMILES string of the molecule is CC.CCC(=O)NCCc1c[nH]c2ccccc12. The summed E-state index contributed by atoms with van der Waals surface area (Å²) in [6.07, 6.45) is 3.44. The van der Waals surface area contributed by atoms with Crippen molar-refractivity contribution >= 4 is 16.8 Å². The predicted molar refractivity (Wildman–Crippen MR) is 76.7 cm³/mol. The summed E-state index contributed by atoms with van der Waals surface area (Å²) >= 11 is 0. The molecule has 3 heteroatoms. The van der Waals surface area contributed by atoms with E-state index in [1.54, 1.807) is 0 Å². The molecule has 0 aliphatic carbocycles. The van der Waals surface area contributed by atoms with Crippen LogP contribution in [0.1, 0.15) is 32.8 Å². The lowest BCUT2D eigenvalue weighted by molar-refractivity contribution is -0.120. The van der Waals surface area contributed by atoms with Crippen molar-refractivity contribution in [2.24, 2.45) is 0 Å². The van der Waals surface area contributed by atoms with Crippen LogP contribution in [-0.4, -0.2) is 17.4 Å². The van der Waals surface area contributed by atoms with Crippen LogP contribution in [0.4, 0.5) is 0 Å². The van der Waals surface area contributed by atoms with Crippen LogP contribution in [0.2, 0.25) is 0 Å². The van der Waals surface area contributed by atoms with Gasteiger partial charge in [-0.2, -0.15) is 0 Å². The second-order valence-electron chi connectivity index (χ2n) is 3.81. The average Bonchev–Trinajstić information content (AvgIpc) is 2.84. The second kappa shape index (κ2) is 7.54. The van der Waals surface area contributed by atoms with E-state index < -0.39 is 0 Å². The molecule has 0 aliphatic rings. The second-order valence-corrected chi connectivity index (χ2v) is 3.81. The summed E-state index contributed by atoms with van der Waals surface area (Å²) in [5.74, 6) is 0.111. The number of carbonyl (C=O) groups is 1. The Hall–Kier alpha value is -1.77. The minimum absolute atomic E-state index is 0.111. The van der Waals surface area contributed by atoms with Gasteiger partial charge >= 0.3 is 0 Å². The van der Waals surface area contributed by atoms with Crippen LogP contribution in [0, 0.1) is 0 Å². The standard InChI is InChI=1S/C13H16N2O.C2H6/c1-2-13(16)14-8-7-10-9-15-12-6-4-3-5-11(10)12;1-2/h3-6,9,15H,2,7-8H2,1H3,(H,14,16);1-2H3. The van der Waals surface area contributed by atoms with Crippen molar-refractivity contribution in [2.75, 3.05) is 6.54 Å². The smallest absolute Gasteiger partial charge is 0.219 e. The van der Waals surface area contributed by atoms with Gasteiger partial charge < -0.3 is 10.3 Å². The first-order valence-electron chi connectivity index (χ1n) is 6.63. The Morgan fingerprint density at radius 2 is 2.00 bits per heavy atom. The third-order valence-corrected chi connectivity index (χ3v) is 2.71. The molecular formula is C15H22N2O. The Kier molecular flexibility index (Phi) is 5.98. The number of hydrogen-bond acceptors (Lipinski definition) is 1. The highest BCUT2D eigenvalue weighted by atomic mass is 16.1. The van der Waals surface area contributed by atoms with Crippen molar-refractivity contribution < 1.29 is 4.79 Å². The van der Waals surface area contributed by atoms with E-state index in [0.29, 0.717) is 13.0 Å². The van der Waals surface area contributed by atoms with Crippen LogP contribution < -0.4 is 5.32 Å².